The molecule has 0 radical (unpaired) electrons. The van der Waals surface area contributed by atoms with E-state index in [1.54, 1.807) is 0 Å². The molecule has 1 rings (SSSR count). The maximum absolute atomic E-state index is 12.3. The van der Waals surface area contributed by atoms with E-state index in [2.05, 4.69) is 9.47 Å². The minimum atomic E-state index is -4.44. The Morgan fingerprint density at radius 1 is 0.525 bits per heavy atom. The Morgan fingerprint density at radius 3 is 0.975 bits per heavy atom. The van der Waals surface area contributed by atoms with Crippen LogP contribution in [0.1, 0.15) is 20.7 Å². The van der Waals surface area contributed by atoms with Crippen molar-refractivity contribution in [3.8, 4) is 0 Å². The van der Waals surface area contributed by atoms with Crippen LogP contribution in [0.25, 0.3) is 0 Å². The molecule has 40 heavy (non-hydrogen) atoms. The van der Waals surface area contributed by atoms with E-state index < -0.39 is 98.6 Å². The Bertz CT molecular complexity index is 1210. The van der Waals surface area contributed by atoms with E-state index in [0.717, 1.165) is 0 Å². The molecule has 28 heteroatoms. The normalized spacial score (nSPS) is 11.0. The molecule has 0 spiro atoms. The maximum Gasteiger partial charge on any atom is 0.734 e. The molecule has 0 bridgehead atoms. The second-order valence-electron chi connectivity index (χ2n) is 6.64. The van der Waals surface area contributed by atoms with Crippen molar-refractivity contribution in [1.82, 2.24) is 0 Å². The molecule has 28 nitrogen and oxygen atoms in total. The van der Waals surface area contributed by atoms with E-state index in [-0.39, 0.29) is 12.1 Å². The number of hydrogen-bond donors (Lipinski definition) is 0. The van der Waals surface area contributed by atoms with Gasteiger partial charge in [0.1, 0.15) is 11.1 Å². The molecule has 0 saturated carbocycles. The summed E-state index contributed by atoms with van der Waals surface area (Å²) in [5.41, 5.74) is -6.49. The SMILES string of the molecule is O=C(OCC([N+](=O)[O-])([N+](=O)[O-])[N+](=O)[O-])c1cc(C(=O)OCC([N+](=O)[O-])([N+](=O)[O-])[N+](=O)[O-])c([N+](=O)[O-])cc1[N+](=O)[O-]. The number of carbonyl (C=O) groups is 2. The zero-order chi connectivity index (χ0) is 31.3. The van der Waals surface area contributed by atoms with Gasteiger partial charge in [-0.1, -0.05) is 0 Å². The maximum atomic E-state index is 12.3. The Balaban J connectivity index is 3.67. The molecule has 0 saturated heterocycles. The van der Waals surface area contributed by atoms with E-state index in [1.807, 2.05) is 0 Å². The molecule has 1 aromatic rings. The van der Waals surface area contributed by atoms with Crippen LogP contribution in [0, 0.1) is 80.9 Å². The molecule has 0 fully saturated rings. The average Bonchev–Trinajstić information content (AvgIpc) is 2.82. The summed E-state index contributed by atoms with van der Waals surface area (Å²) in [5.74, 6) is -13.4. The van der Waals surface area contributed by atoms with Crippen molar-refractivity contribution in [3.63, 3.8) is 0 Å². The number of nitro groups is 8. The third-order valence-corrected chi connectivity index (χ3v) is 4.50. The molecule has 0 atom stereocenters. The van der Waals surface area contributed by atoms with E-state index in [1.165, 1.54) is 0 Å². The number of nitrogens with zero attached hydrogens (tertiary/aromatic N) is 8. The molecule has 214 valence electrons. The Labute approximate surface area is 211 Å². The molecule has 0 unspecified atom stereocenters. The van der Waals surface area contributed by atoms with Crippen molar-refractivity contribution in [2.75, 3.05) is 13.2 Å². The molecule has 0 aliphatic carbocycles. The van der Waals surface area contributed by atoms with Gasteiger partial charge < -0.3 is 9.47 Å². The second kappa shape index (κ2) is 11.2. The Kier molecular flexibility index (Phi) is 8.77. The van der Waals surface area contributed by atoms with Gasteiger partial charge in [0.2, 0.25) is 0 Å². The third kappa shape index (κ3) is 5.37. The van der Waals surface area contributed by atoms with Crippen LogP contribution in [0.5, 0.6) is 0 Å². The van der Waals surface area contributed by atoms with E-state index in [0.29, 0.717) is 0 Å². The molecular weight excluding hydrogens is 576 g/mol. The largest absolute Gasteiger partial charge is 0.734 e. The van der Waals surface area contributed by atoms with Gasteiger partial charge in [-0.15, -0.1) is 0 Å². The summed E-state index contributed by atoms with van der Waals surface area (Å²) in [6.45, 7) is -4.66. The summed E-state index contributed by atoms with van der Waals surface area (Å²) >= 11 is 0. The first-order valence-corrected chi connectivity index (χ1v) is 8.97. The summed E-state index contributed by atoms with van der Waals surface area (Å²) in [7, 11) is 0. The zero-order valence-electron chi connectivity index (χ0n) is 18.3. The highest BCUT2D eigenvalue weighted by atomic mass is 16.8. The van der Waals surface area contributed by atoms with E-state index >= 15 is 0 Å². The molecule has 0 aliphatic heterocycles. The first-order valence-electron chi connectivity index (χ1n) is 8.97. The first kappa shape index (κ1) is 31.4. The first-order chi connectivity index (χ1) is 18.3. The minimum Gasteiger partial charge on any atom is -0.437 e. The smallest absolute Gasteiger partial charge is 0.437 e. The quantitative estimate of drug-likeness (QED) is 0.107. The van der Waals surface area contributed by atoms with Gasteiger partial charge in [0.15, 0.2) is 29.5 Å². The molecule has 0 aromatic heterocycles. The fraction of sp³-hybridized carbons (Fsp3) is 0.333. The van der Waals surface area contributed by atoms with Crippen molar-refractivity contribution >= 4 is 23.3 Å². The highest BCUT2D eigenvalue weighted by Crippen LogP contribution is 2.31. The molecule has 0 aliphatic rings. The molecule has 1 aromatic carbocycles. The number of rotatable bonds is 14. The second-order valence-corrected chi connectivity index (χ2v) is 6.64. The van der Waals surface area contributed by atoms with Gasteiger partial charge >= 0.3 is 36.7 Å². The van der Waals surface area contributed by atoms with Crippen LogP contribution >= 0.6 is 0 Å². The van der Waals surface area contributed by atoms with E-state index in [4.69, 9.17) is 0 Å². The molecule has 0 heterocycles. The Hall–Kier alpha value is -6.64. The number of nitro benzene ring substituents is 2. The highest BCUT2D eigenvalue weighted by molar-refractivity contribution is 6.01. The number of carbonyl (C=O) groups excluding carboxylic acids is 2. The summed E-state index contributed by atoms with van der Waals surface area (Å²) in [4.78, 5) is 97.1. The van der Waals surface area contributed by atoms with Crippen LogP contribution < -0.4 is 0 Å². The number of hydrogen-bond acceptors (Lipinski definition) is 20. The van der Waals surface area contributed by atoms with Gasteiger partial charge in [-0.2, -0.15) is 0 Å². The van der Waals surface area contributed by atoms with Gasteiger partial charge in [-0.25, -0.2) is 9.59 Å². The predicted molar refractivity (Wildman–Crippen MR) is 108 cm³/mol. The van der Waals surface area contributed by atoms with Crippen molar-refractivity contribution in [1.29, 1.82) is 0 Å². The van der Waals surface area contributed by atoms with Gasteiger partial charge in [-0.3, -0.25) is 80.9 Å². The van der Waals surface area contributed by atoms with Crippen molar-refractivity contribution in [2.24, 2.45) is 0 Å². The van der Waals surface area contributed by atoms with Crippen LogP contribution in [0.3, 0.4) is 0 Å². The average molecular weight is 582 g/mol. The lowest BCUT2D eigenvalue weighted by Gasteiger charge is -2.11. The summed E-state index contributed by atoms with van der Waals surface area (Å²) in [5, 5.41) is 88.2. The fourth-order valence-corrected chi connectivity index (χ4v) is 2.40. The topological polar surface area (TPSA) is 398 Å². The van der Waals surface area contributed by atoms with Crippen molar-refractivity contribution < 1.29 is 58.4 Å². The molecule has 0 N–H and O–H groups in total. The molecule has 0 amide bonds. The standard InChI is InChI=1S/C12H6N8O20/c21-9(39-3-11(15(27)28,16(29)30)17(31)32)5-1-6(8(14(25)26)2-7(5)13(23)24)10(22)40-4-12(18(33)34,19(35)36)20(37)38/h1-2H,3-4H2. The van der Waals surface area contributed by atoms with Gasteiger partial charge in [0.25, 0.3) is 11.4 Å². The number of ether oxygens (including phenoxy) is 2. The lowest BCUT2D eigenvalue weighted by molar-refractivity contribution is -0.970. The van der Waals surface area contributed by atoms with Crippen LogP contribution in [0.15, 0.2) is 12.1 Å². The third-order valence-electron chi connectivity index (χ3n) is 4.50. The van der Waals surface area contributed by atoms with Crippen molar-refractivity contribution in [3.05, 3.63) is 104 Å². The molecular formula is C12H6N8O20. The number of esters is 2. The van der Waals surface area contributed by atoms with Crippen LogP contribution in [-0.4, -0.2) is 76.1 Å². The summed E-state index contributed by atoms with van der Waals surface area (Å²) in [6.07, 6.45) is 0. The van der Waals surface area contributed by atoms with Gasteiger partial charge in [0, 0.05) is 0 Å². The zero-order valence-corrected chi connectivity index (χ0v) is 18.3. The predicted octanol–water partition coefficient (Wildman–Crippen LogP) is -1.22. The Morgan fingerprint density at radius 2 is 0.775 bits per heavy atom. The summed E-state index contributed by atoms with van der Waals surface area (Å²) in [6, 6.07) is -0.323. The minimum absolute atomic E-state index is 0.154. The van der Waals surface area contributed by atoms with Crippen LogP contribution in [-0.2, 0) is 9.47 Å². The van der Waals surface area contributed by atoms with E-state index in [9.17, 15) is 90.5 Å². The van der Waals surface area contributed by atoms with Gasteiger partial charge in [0.05, 0.1) is 15.9 Å². The number of benzene rings is 1. The van der Waals surface area contributed by atoms with Gasteiger partial charge in [-0.05, 0) is 6.07 Å². The van der Waals surface area contributed by atoms with Crippen LogP contribution in [0.4, 0.5) is 11.4 Å². The fourth-order valence-electron chi connectivity index (χ4n) is 2.40. The lowest BCUT2D eigenvalue weighted by atomic mass is 10.1. The highest BCUT2D eigenvalue weighted by Gasteiger charge is 2.73. The van der Waals surface area contributed by atoms with Crippen LogP contribution in [0.2, 0.25) is 0 Å². The summed E-state index contributed by atoms with van der Waals surface area (Å²) < 4.78 is 8.11. The lowest BCUT2D eigenvalue weighted by Crippen LogP contribution is -2.57. The monoisotopic (exact) mass is 582 g/mol. The van der Waals surface area contributed by atoms with Crippen molar-refractivity contribution in [2.45, 2.75) is 11.6 Å².